The number of hydrogen-bond donors (Lipinski definition) is 2. The molecule has 3 fully saturated rings. The molecule has 17 heteroatoms. The van der Waals surface area contributed by atoms with Crippen LogP contribution < -0.4 is 15.4 Å². The fourth-order valence-corrected chi connectivity index (χ4v) is 7.78. The van der Waals surface area contributed by atoms with Gasteiger partial charge in [0.2, 0.25) is 5.91 Å². The van der Waals surface area contributed by atoms with E-state index in [-0.39, 0.29) is 59.1 Å². The van der Waals surface area contributed by atoms with Crippen molar-refractivity contribution in [1.82, 2.24) is 10.2 Å². The van der Waals surface area contributed by atoms with Crippen LogP contribution >= 0.6 is 0 Å². The molecule has 2 saturated carbocycles. The third-order valence-electron chi connectivity index (χ3n) is 10.3. The van der Waals surface area contributed by atoms with Crippen molar-refractivity contribution < 1.29 is 63.7 Å². The Morgan fingerprint density at radius 1 is 0.879 bits per heavy atom. The SMILES string of the molecule is CC(C)(C)OC(=O)c1ccc(F)c(-c2ccc(OCCN3CCOCC3)c(C(=O)N[C@@H]3C4CCC(/C4=C/C(F)(F)F)[C@@H]3C(=O)Nc3ccc(F)c(C(F)(F)F)c3)c2)c1. The second-order valence-corrected chi connectivity index (χ2v) is 15.4. The molecule has 1 heterocycles. The molecule has 2 N–H and O–H groups in total. The Morgan fingerprint density at radius 3 is 2.24 bits per heavy atom. The summed E-state index contributed by atoms with van der Waals surface area (Å²) in [6.45, 7) is 7.84. The van der Waals surface area contributed by atoms with Crippen molar-refractivity contribution in [1.29, 1.82) is 0 Å². The standard InChI is InChI=1S/C41H41F8N3O6/c1-39(2,3)58-38(55)23-4-9-31(42)27(19-23)22-5-11-33(57-17-14-52-12-15-56-16-13-52)28(18-22)36(53)51-35-26-8-7-25(29(26)21-40(44,45)46)34(35)37(54)50-24-6-10-32(43)30(20-24)41(47,48)49/h4-6,9-11,18-21,25-26,34-35H,7-8,12-17H2,1-3H3,(H,50,54)(H,51,53)/b29-21-/t25?,26?,34-,35+/m0/s1. The number of nitrogens with zero attached hydrogens (tertiary/aromatic N) is 1. The average molecular weight is 824 g/mol. The number of carbonyl (C=O) groups is 3. The Kier molecular flexibility index (Phi) is 12.2. The van der Waals surface area contributed by atoms with Crippen LogP contribution in [0, 0.1) is 29.4 Å². The van der Waals surface area contributed by atoms with Gasteiger partial charge in [0.15, 0.2) is 0 Å². The first-order chi connectivity index (χ1) is 27.2. The highest BCUT2D eigenvalue weighted by Gasteiger charge is 2.56. The van der Waals surface area contributed by atoms with E-state index in [1.54, 1.807) is 20.8 Å². The summed E-state index contributed by atoms with van der Waals surface area (Å²) in [5.41, 5.74) is -3.21. The van der Waals surface area contributed by atoms with Crippen molar-refractivity contribution in [3.63, 3.8) is 0 Å². The van der Waals surface area contributed by atoms with Crippen LogP contribution in [0.25, 0.3) is 11.1 Å². The molecular weight excluding hydrogens is 782 g/mol. The van der Waals surface area contributed by atoms with Crippen LogP contribution in [0.2, 0.25) is 0 Å². The van der Waals surface area contributed by atoms with E-state index in [2.05, 4.69) is 15.5 Å². The highest BCUT2D eigenvalue weighted by molar-refractivity contribution is 6.00. The number of fused-ring (bicyclic) bond motifs is 2. The summed E-state index contributed by atoms with van der Waals surface area (Å²) < 4.78 is 128. The fourth-order valence-electron chi connectivity index (χ4n) is 7.78. The Morgan fingerprint density at radius 2 is 1.57 bits per heavy atom. The maximum absolute atomic E-state index is 15.4. The van der Waals surface area contributed by atoms with E-state index in [1.165, 1.54) is 30.3 Å². The lowest BCUT2D eigenvalue weighted by molar-refractivity contribution is -0.140. The topological polar surface area (TPSA) is 106 Å². The predicted octanol–water partition coefficient (Wildman–Crippen LogP) is 8.20. The number of carbonyl (C=O) groups excluding carboxylic acids is 3. The number of nitrogens with one attached hydrogen (secondary N) is 2. The molecule has 2 bridgehead atoms. The zero-order chi connectivity index (χ0) is 42.2. The van der Waals surface area contributed by atoms with E-state index in [0.717, 1.165) is 12.1 Å². The summed E-state index contributed by atoms with van der Waals surface area (Å²) in [6, 6.07) is 8.23. The Balaban J connectivity index is 1.34. The third kappa shape index (κ3) is 9.97. The first kappa shape index (κ1) is 42.6. The van der Waals surface area contributed by atoms with Gasteiger partial charge < -0.3 is 24.8 Å². The molecule has 0 spiro atoms. The van der Waals surface area contributed by atoms with Gasteiger partial charge in [-0.25, -0.2) is 13.6 Å². The van der Waals surface area contributed by atoms with Gasteiger partial charge in [0.1, 0.15) is 29.6 Å². The highest BCUT2D eigenvalue weighted by Crippen LogP contribution is 2.54. The van der Waals surface area contributed by atoms with Crippen LogP contribution in [0.4, 0.5) is 40.8 Å². The number of ether oxygens (including phenoxy) is 3. The first-order valence-corrected chi connectivity index (χ1v) is 18.6. The molecule has 3 aromatic carbocycles. The van der Waals surface area contributed by atoms with Crippen molar-refractivity contribution in [3.05, 3.63) is 94.6 Å². The van der Waals surface area contributed by atoms with Gasteiger partial charge in [-0.1, -0.05) is 11.6 Å². The van der Waals surface area contributed by atoms with Gasteiger partial charge in [-0.2, -0.15) is 26.3 Å². The van der Waals surface area contributed by atoms with E-state index in [4.69, 9.17) is 14.2 Å². The minimum absolute atomic E-state index is 0.0199. The molecule has 2 aliphatic carbocycles. The van der Waals surface area contributed by atoms with Crippen LogP contribution in [-0.2, 0) is 20.4 Å². The van der Waals surface area contributed by atoms with E-state index in [0.29, 0.717) is 45.0 Å². The fraction of sp³-hybridized carbons (Fsp3) is 0.439. The summed E-state index contributed by atoms with van der Waals surface area (Å²) in [5.74, 6) is -8.33. The largest absolute Gasteiger partial charge is 0.491 e. The van der Waals surface area contributed by atoms with Crippen LogP contribution in [0.5, 0.6) is 5.75 Å². The summed E-state index contributed by atoms with van der Waals surface area (Å²) in [5, 5.41) is 5.00. The van der Waals surface area contributed by atoms with E-state index in [1.807, 2.05) is 0 Å². The van der Waals surface area contributed by atoms with Crippen LogP contribution in [0.1, 0.15) is 59.9 Å². The lowest BCUT2D eigenvalue weighted by atomic mass is 9.83. The monoisotopic (exact) mass is 823 g/mol. The van der Waals surface area contributed by atoms with Crippen LogP contribution in [-0.4, -0.2) is 80.0 Å². The number of allylic oxidation sites excluding steroid dienone is 1. The molecule has 0 radical (unpaired) electrons. The molecule has 0 aromatic heterocycles. The minimum atomic E-state index is -5.10. The number of anilines is 1. The lowest BCUT2D eigenvalue weighted by Crippen LogP contribution is -2.48. The number of alkyl halides is 6. The van der Waals surface area contributed by atoms with Crippen molar-refractivity contribution in [2.75, 3.05) is 44.8 Å². The van der Waals surface area contributed by atoms with Gasteiger partial charge in [0.05, 0.1) is 35.8 Å². The Labute approximate surface area is 328 Å². The number of esters is 1. The number of benzene rings is 3. The molecule has 58 heavy (non-hydrogen) atoms. The summed E-state index contributed by atoms with van der Waals surface area (Å²) in [4.78, 5) is 43.1. The molecule has 1 saturated heterocycles. The molecule has 1 aliphatic heterocycles. The normalized spacial score (nSPS) is 21.9. The van der Waals surface area contributed by atoms with Gasteiger partial charge in [-0.3, -0.25) is 14.5 Å². The number of halogens is 8. The zero-order valence-electron chi connectivity index (χ0n) is 31.7. The van der Waals surface area contributed by atoms with Crippen molar-refractivity contribution in [2.45, 2.75) is 57.6 Å². The maximum atomic E-state index is 15.4. The average Bonchev–Trinajstić information content (AvgIpc) is 3.64. The van der Waals surface area contributed by atoms with Gasteiger partial charge >= 0.3 is 18.3 Å². The van der Waals surface area contributed by atoms with Gasteiger partial charge in [0, 0.05) is 48.9 Å². The van der Waals surface area contributed by atoms with E-state index < -0.39 is 82.4 Å². The number of rotatable bonds is 10. The third-order valence-corrected chi connectivity index (χ3v) is 10.3. The number of hydrogen-bond acceptors (Lipinski definition) is 7. The van der Waals surface area contributed by atoms with E-state index >= 15 is 4.39 Å². The minimum Gasteiger partial charge on any atom is -0.491 e. The van der Waals surface area contributed by atoms with Crippen LogP contribution in [0.15, 0.2) is 66.2 Å². The molecule has 312 valence electrons. The quantitative estimate of drug-likeness (QED) is 0.121. The van der Waals surface area contributed by atoms with Crippen molar-refractivity contribution >= 4 is 23.5 Å². The summed E-state index contributed by atoms with van der Waals surface area (Å²) in [7, 11) is 0. The van der Waals surface area contributed by atoms with Crippen molar-refractivity contribution in [2.24, 2.45) is 17.8 Å². The van der Waals surface area contributed by atoms with E-state index in [9.17, 15) is 45.1 Å². The van der Waals surface area contributed by atoms with Crippen LogP contribution in [0.3, 0.4) is 0 Å². The van der Waals surface area contributed by atoms with Gasteiger partial charge in [0.25, 0.3) is 5.91 Å². The Hall–Kier alpha value is -5.03. The predicted molar refractivity (Wildman–Crippen MR) is 195 cm³/mol. The Bertz CT molecular complexity index is 2070. The second-order valence-electron chi connectivity index (χ2n) is 15.4. The van der Waals surface area contributed by atoms with Crippen molar-refractivity contribution in [3.8, 4) is 16.9 Å². The molecular formula is C41H41F8N3O6. The van der Waals surface area contributed by atoms with Gasteiger partial charge in [-0.05, 0) is 93.6 Å². The second kappa shape index (κ2) is 16.7. The molecule has 3 aliphatic rings. The molecule has 4 atom stereocenters. The molecule has 6 rings (SSSR count). The summed E-state index contributed by atoms with van der Waals surface area (Å²) in [6.07, 6.45) is -9.54. The number of morpholine rings is 1. The number of amides is 2. The molecule has 9 nitrogen and oxygen atoms in total. The smallest absolute Gasteiger partial charge is 0.419 e. The zero-order valence-corrected chi connectivity index (χ0v) is 31.7. The maximum Gasteiger partial charge on any atom is 0.419 e. The molecule has 3 aromatic rings. The summed E-state index contributed by atoms with van der Waals surface area (Å²) >= 11 is 0. The molecule has 2 unspecified atom stereocenters. The van der Waals surface area contributed by atoms with Gasteiger partial charge in [-0.15, -0.1) is 0 Å². The molecule has 2 amide bonds. The highest BCUT2D eigenvalue weighted by atomic mass is 19.4. The first-order valence-electron chi connectivity index (χ1n) is 18.6. The lowest BCUT2D eigenvalue weighted by Gasteiger charge is -2.30.